The highest BCUT2D eigenvalue weighted by Crippen LogP contribution is 2.19. The maximum absolute atomic E-state index is 10.7. The Hall–Kier alpha value is -0.520. The average Bonchev–Trinajstić information content (AvgIpc) is 2.06. The molecule has 0 aliphatic rings. The van der Waals surface area contributed by atoms with E-state index in [-0.39, 0.29) is 5.75 Å². The van der Waals surface area contributed by atoms with Gasteiger partial charge in [-0.15, -0.1) is 11.8 Å². The first-order chi connectivity index (χ1) is 6.42. The third kappa shape index (κ3) is 3.32. The zero-order chi connectivity index (χ0) is 10.8. The normalized spacial score (nSPS) is 11.6. The van der Waals surface area contributed by atoms with Crippen LogP contribution in [-0.4, -0.2) is 19.2 Å². The Bertz CT molecular complexity index is 424. The van der Waals surface area contributed by atoms with Crippen molar-refractivity contribution >= 4 is 21.9 Å². The molecule has 0 saturated carbocycles. The van der Waals surface area contributed by atoms with Gasteiger partial charge in [0.2, 0.25) is 0 Å². The molecule has 3 nitrogen and oxygen atoms in total. The summed E-state index contributed by atoms with van der Waals surface area (Å²) in [7, 11) is -3.93. The Balaban J connectivity index is 3.01. The Morgan fingerprint density at radius 1 is 1.43 bits per heavy atom. The molecule has 0 aliphatic carbocycles. The Morgan fingerprint density at radius 2 is 2.07 bits per heavy atom. The van der Waals surface area contributed by atoms with Crippen LogP contribution in [-0.2, 0) is 15.9 Å². The minimum absolute atomic E-state index is 0.312. The monoisotopic (exact) mass is 232 g/mol. The lowest BCUT2D eigenvalue weighted by molar-refractivity contribution is 0.482. The molecule has 0 saturated heterocycles. The second kappa shape index (κ2) is 4.33. The highest BCUT2D eigenvalue weighted by atomic mass is 32.2. The van der Waals surface area contributed by atoms with E-state index in [1.54, 1.807) is 17.8 Å². The van der Waals surface area contributed by atoms with Crippen LogP contribution in [0.2, 0.25) is 0 Å². The van der Waals surface area contributed by atoms with Crippen molar-refractivity contribution < 1.29 is 13.0 Å². The van der Waals surface area contributed by atoms with Crippen LogP contribution in [0.4, 0.5) is 0 Å². The fourth-order valence-electron chi connectivity index (χ4n) is 1.15. The van der Waals surface area contributed by atoms with E-state index in [0.29, 0.717) is 5.56 Å². The molecule has 1 N–H and O–H groups in total. The van der Waals surface area contributed by atoms with Gasteiger partial charge >= 0.3 is 0 Å². The topological polar surface area (TPSA) is 54.4 Å². The van der Waals surface area contributed by atoms with Gasteiger partial charge in [0.05, 0.1) is 0 Å². The number of rotatable bonds is 3. The van der Waals surface area contributed by atoms with E-state index in [1.165, 1.54) is 0 Å². The summed E-state index contributed by atoms with van der Waals surface area (Å²) in [6, 6.07) is 5.48. The van der Waals surface area contributed by atoms with Gasteiger partial charge in [-0.05, 0) is 36.4 Å². The van der Waals surface area contributed by atoms with Crippen molar-refractivity contribution in [3.05, 3.63) is 29.3 Å². The molecule has 0 radical (unpaired) electrons. The molecule has 0 bridgehead atoms. The molecule has 0 aliphatic heterocycles. The van der Waals surface area contributed by atoms with E-state index >= 15 is 0 Å². The molecule has 1 aromatic rings. The van der Waals surface area contributed by atoms with Gasteiger partial charge in [-0.1, -0.05) is 6.07 Å². The molecule has 0 aromatic heterocycles. The maximum Gasteiger partial charge on any atom is 0.269 e. The van der Waals surface area contributed by atoms with Gasteiger partial charge in [0.15, 0.2) is 0 Å². The molecule has 0 spiro atoms. The lowest BCUT2D eigenvalue weighted by atomic mass is 10.1. The second-order valence-electron chi connectivity index (χ2n) is 3.02. The van der Waals surface area contributed by atoms with Crippen LogP contribution in [0.1, 0.15) is 11.1 Å². The first kappa shape index (κ1) is 11.6. The molecule has 1 aromatic carbocycles. The van der Waals surface area contributed by atoms with Crippen LogP contribution in [0.25, 0.3) is 0 Å². The third-order valence-electron chi connectivity index (χ3n) is 1.89. The van der Waals surface area contributed by atoms with E-state index in [9.17, 15) is 8.42 Å². The average molecular weight is 232 g/mol. The summed E-state index contributed by atoms with van der Waals surface area (Å²) in [6.45, 7) is 1.83. The van der Waals surface area contributed by atoms with Gasteiger partial charge in [0.25, 0.3) is 10.1 Å². The van der Waals surface area contributed by atoms with Gasteiger partial charge in [0, 0.05) is 4.90 Å². The molecule has 0 atom stereocenters. The minimum atomic E-state index is -3.93. The Kier molecular flexibility index (Phi) is 3.58. The van der Waals surface area contributed by atoms with E-state index in [0.717, 1.165) is 10.5 Å². The van der Waals surface area contributed by atoms with Gasteiger partial charge < -0.3 is 0 Å². The predicted octanol–water partition coefficient (Wildman–Crippen LogP) is 2.10. The summed E-state index contributed by atoms with van der Waals surface area (Å²) in [5, 5.41) is 0. The zero-order valence-electron chi connectivity index (χ0n) is 8.02. The van der Waals surface area contributed by atoms with Crippen LogP contribution in [0.15, 0.2) is 23.1 Å². The van der Waals surface area contributed by atoms with Crippen molar-refractivity contribution in [3.63, 3.8) is 0 Å². The third-order valence-corrected chi connectivity index (χ3v) is 3.29. The number of hydrogen-bond acceptors (Lipinski definition) is 3. The molecule has 0 heterocycles. The van der Waals surface area contributed by atoms with Crippen LogP contribution >= 0.6 is 11.8 Å². The molecule has 0 unspecified atom stereocenters. The number of hydrogen-bond donors (Lipinski definition) is 1. The molecule has 14 heavy (non-hydrogen) atoms. The van der Waals surface area contributed by atoms with Crippen molar-refractivity contribution in [1.29, 1.82) is 0 Å². The molecule has 78 valence electrons. The number of aryl methyl sites for hydroxylation is 1. The Labute approximate surface area is 88.3 Å². The van der Waals surface area contributed by atoms with Gasteiger partial charge in [-0.25, -0.2) is 0 Å². The SMILES string of the molecule is CSc1ccc(CS(=O)(=O)O)c(C)c1. The minimum Gasteiger partial charge on any atom is -0.285 e. The molecule has 0 amide bonds. The highest BCUT2D eigenvalue weighted by Gasteiger charge is 2.08. The number of thioether (sulfide) groups is 1. The summed E-state index contributed by atoms with van der Waals surface area (Å²) in [6.07, 6.45) is 1.96. The van der Waals surface area contributed by atoms with Crippen molar-refractivity contribution in [1.82, 2.24) is 0 Å². The predicted molar refractivity (Wildman–Crippen MR) is 58.2 cm³/mol. The van der Waals surface area contributed by atoms with Crippen molar-refractivity contribution in [2.45, 2.75) is 17.6 Å². The molecular formula is C9H12O3S2. The zero-order valence-corrected chi connectivity index (χ0v) is 9.65. The largest absolute Gasteiger partial charge is 0.285 e. The first-order valence-electron chi connectivity index (χ1n) is 4.01. The standard InChI is InChI=1S/C9H12O3S2/c1-7-5-9(13-2)4-3-8(7)6-14(10,11)12/h3-5H,6H2,1-2H3,(H,10,11,12). The summed E-state index contributed by atoms with van der Waals surface area (Å²) in [5.41, 5.74) is 1.53. The van der Waals surface area contributed by atoms with Crippen LogP contribution in [0, 0.1) is 6.92 Å². The summed E-state index contributed by atoms with van der Waals surface area (Å²) < 4.78 is 30.0. The van der Waals surface area contributed by atoms with Gasteiger partial charge in [-0.3, -0.25) is 4.55 Å². The van der Waals surface area contributed by atoms with Crippen LogP contribution in [0.5, 0.6) is 0 Å². The van der Waals surface area contributed by atoms with Crippen LogP contribution < -0.4 is 0 Å². The van der Waals surface area contributed by atoms with Crippen molar-refractivity contribution in [2.24, 2.45) is 0 Å². The Morgan fingerprint density at radius 3 is 2.50 bits per heavy atom. The fourth-order valence-corrected chi connectivity index (χ4v) is 2.37. The summed E-state index contributed by atoms with van der Waals surface area (Å²) >= 11 is 1.60. The first-order valence-corrected chi connectivity index (χ1v) is 6.84. The quantitative estimate of drug-likeness (QED) is 0.640. The fraction of sp³-hybridized carbons (Fsp3) is 0.333. The molecular weight excluding hydrogens is 220 g/mol. The lowest BCUT2D eigenvalue weighted by Crippen LogP contribution is -2.03. The summed E-state index contributed by atoms with van der Waals surface area (Å²) in [5.74, 6) is -0.312. The van der Waals surface area contributed by atoms with E-state index in [2.05, 4.69) is 0 Å². The molecule has 0 fully saturated rings. The molecule has 1 rings (SSSR count). The van der Waals surface area contributed by atoms with Gasteiger partial charge in [0.1, 0.15) is 5.75 Å². The second-order valence-corrected chi connectivity index (χ2v) is 5.35. The van der Waals surface area contributed by atoms with Crippen molar-refractivity contribution in [2.75, 3.05) is 6.26 Å². The summed E-state index contributed by atoms with van der Waals surface area (Å²) in [4.78, 5) is 1.08. The van der Waals surface area contributed by atoms with Gasteiger partial charge in [-0.2, -0.15) is 8.42 Å². The smallest absolute Gasteiger partial charge is 0.269 e. The van der Waals surface area contributed by atoms with E-state index in [4.69, 9.17) is 4.55 Å². The van der Waals surface area contributed by atoms with E-state index in [1.807, 2.05) is 25.3 Å². The highest BCUT2D eigenvalue weighted by molar-refractivity contribution is 7.98. The van der Waals surface area contributed by atoms with Crippen LogP contribution in [0.3, 0.4) is 0 Å². The van der Waals surface area contributed by atoms with Crippen molar-refractivity contribution in [3.8, 4) is 0 Å². The number of benzene rings is 1. The maximum atomic E-state index is 10.7. The molecule has 5 heteroatoms. The van der Waals surface area contributed by atoms with E-state index < -0.39 is 10.1 Å². The lowest BCUT2D eigenvalue weighted by Gasteiger charge is -2.05.